The number of nitrogens with two attached hydrogens (primary N) is 1. The number of imidazole rings is 1. The summed E-state index contributed by atoms with van der Waals surface area (Å²) in [6, 6.07) is 8.23. The van der Waals surface area contributed by atoms with Crippen LogP contribution in [0.1, 0.15) is 25.6 Å². The number of aromatic nitrogens is 2. The number of para-hydroxylation sites is 2. The quantitative estimate of drug-likeness (QED) is 0.830. The summed E-state index contributed by atoms with van der Waals surface area (Å²) in [6.07, 6.45) is 0. The van der Waals surface area contributed by atoms with Crippen LogP contribution in [0.25, 0.3) is 11.0 Å². The average Bonchev–Trinajstić information content (AvgIpc) is 2.66. The first-order valence-corrected chi connectivity index (χ1v) is 5.43. The molecule has 0 aliphatic carbocycles. The van der Waals surface area contributed by atoms with E-state index in [4.69, 9.17) is 5.73 Å². The van der Waals surface area contributed by atoms with Gasteiger partial charge in [0.25, 0.3) is 0 Å². The maximum absolute atomic E-state index is 5.70. The molecule has 1 aromatic carbocycles. The average molecular weight is 203 g/mol. The molecule has 0 amide bonds. The molecule has 0 radical (unpaired) electrons. The number of hydrogen-bond acceptors (Lipinski definition) is 2. The molecule has 80 valence electrons. The van der Waals surface area contributed by atoms with E-state index in [1.54, 1.807) is 0 Å². The van der Waals surface area contributed by atoms with Crippen molar-refractivity contribution in [1.29, 1.82) is 0 Å². The van der Waals surface area contributed by atoms with Crippen molar-refractivity contribution < 1.29 is 0 Å². The summed E-state index contributed by atoms with van der Waals surface area (Å²) in [5.74, 6) is 1.42. The number of fused-ring (bicyclic) bond motifs is 1. The maximum Gasteiger partial charge on any atom is 0.113 e. The molecule has 0 saturated carbocycles. The van der Waals surface area contributed by atoms with Gasteiger partial charge in [0.1, 0.15) is 5.82 Å². The molecule has 1 unspecified atom stereocenters. The van der Waals surface area contributed by atoms with E-state index in [-0.39, 0.29) is 0 Å². The summed E-state index contributed by atoms with van der Waals surface area (Å²) >= 11 is 0. The fourth-order valence-corrected chi connectivity index (χ4v) is 1.91. The Bertz CT molecular complexity index is 459. The number of hydrogen-bond donors (Lipinski definition) is 1. The van der Waals surface area contributed by atoms with Gasteiger partial charge >= 0.3 is 0 Å². The molecule has 0 fully saturated rings. The van der Waals surface area contributed by atoms with Gasteiger partial charge in [-0.05, 0) is 19.1 Å². The van der Waals surface area contributed by atoms with Gasteiger partial charge in [-0.25, -0.2) is 4.98 Å². The highest BCUT2D eigenvalue weighted by Crippen LogP contribution is 2.21. The molecule has 0 bridgehead atoms. The van der Waals surface area contributed by atoms with Crippen molar-refractivity contribution in [2.75, 3.05) is 6.54 Å². The van der Waals surface area contributed by atoms with E-state index in [9.17, 15) is 0 Å². The minimum absolute atomic E-state index is 0.317. The van der Waals surface area contributed by atoms with Gasteiger partial charge in [0.15, 0.2) is 0 Å². The van der Waals surface area contributed by atoms with Crippen LogP contribution < -0.4 is 5.73 Å². The highest BCUT2D eigenvalue weighted by molar-refractivity contribution is 5.76. The molecule has 1 aromatic heterocycles. The molecule has 2 aromatic rings. The van der Waals surface area contributed by atoms with Gasteiger partial charge in [0.2, 0.25) is 0 Å². The zero-order valence-electron chi connectivity index (χ0n) is 9.27. The first-order valence-electron chi connectivity index (χ1n) is 5.43. The number of aryl methyl sites for hydroxylation is 1. The van der Waals surface area contributed by atoms with Crippen molar-refractivity contribution in [3.63, 3.8) is 0 Å². The number of nitrogens with zero attached hydrogens (tertiary/aromatic N) is 2. The van der Waals surface area contributed by atoms with E-state index in [2.05, 4.69) is 29.5 Å². The molecule has 0 aliphatic heterocycles. The summed E-state index contributed by atoms with van der Waals surface area (Å²) in [5.41, 5.74) is 7.96. The second kappa shape index (κ2) is 4.03. The van der Waals surface area contributed by atoms with E-state index >= 15 is 0 Å². The summed E-state index contributed by atoms with van der Waals surface area (Å²) < 4.78 is 2.24. The second-order valence-electron chi connectivity index (χ2n) is 3.84. The van der Waals surface area contributed by atoms with Crippen molar-refractivity contribution in [2.45, 2.75) is 26.3 Å². The van der Waals surface area contributed by atoms with Crippen molar-refractivity contribution in [1.82, 2.24) is 9.55 Å². The lowest BCUT2D eigenvalue weighted by Gasteiger charge is -2.10. The topological polar surface area (TPSA) is 43.8 Å². The van der Waals surface area contributed by atoms with Gasteiger partial charge in [-0.1, -0.05) is 19.1 Å². The summed E-state index contributed by atoms with van der Waals surface area (Å²) in [5, 5.41) is 0. The SMILES string of the molecule is CCn1c(C(C)CN)nc2ccccc21. The molecule has 15 heavy (non-hydrogen) atoms. The monoisotopic (exact) mass is 203 g/mol. The first-order chi connectivity index (χ1) is 7.27. The first kappa shape index (κ1) is 10.2. The van der Waals surface area contributed by atoms with Gasteiger partial charge < -0.3 is 10.3 Å². The van der Waals surface area contributed by atoms with Crippen LogP contribution in [-0.2, 0) is 6.54 Å². The smallest absolute Gasteiger partial charge is 0.113 e. The van der Waals surface area contributed by atoms with Gasteiger partial charge in [-0.3, -0.25) is 0 Å². The molecule has 2 N–H and O–H groups in total. The Hall–Kier alpha value is -1.35. The Kier molecular flexibility index (Phi) is 2.73. The molecule has 0 spiro atoms. The van der Waals surface area contributed by atoms with E-state index in [0.29, 0.717) is 12.5 Å². The third-order valence-electron chi connectivity index (χ3n) is 2.79. The minimum Gasteiger partial charge on any atom is -0.330 e. The summed E-state index contributed by atoms with van der Waals surface area (Å²) in [6.45, 7) is 5.84. The lowest BCUT2D eigenvalue weighted by molar-refractivity contribution is 0.638. The van der Waals surface area contributed by atoms with Gasteiger partial charge in [-0.2, -0.15) is 0 Å². The fourth-order valence-electron chi connectivity index (χ4n) is 1.91. The molecule has 1 heterocycles. The van der Waals surface area contributed by atoms with Gasteiger partial charge in [0, 0.05) is 19.0 Å². The number of benzene rings is 1. The zero-order chi connectivity index (χ0) is 10.8. The molecule has 2 rings (SSSR count). The predicted molar refractivity (Wildman–Crippen MR) is 62.9 cm³/mol. The van der Waals surface area contributed by atoms with Crippen molar-refractivity contribution in [3.8, 4) is 0 Å². The Morgan fingerprint density at radius 3 is 2.80 bits per heavy atom. The maximum atomic E-state index is 5.70. The van der Waals surface area contributed by atoms with Crippen LogP contribution in [0.2, 0.25) is 0 Å². The van der Waals surface area contributed by atoms with Crippen LogP contribution >= 0.6 is 0 Å². The Morgan fingerprint density at radius 1 is 1.40 bits per heavy atom. The fraction of sp³-hybridized carbons (Fsp3) is 0.417. The van der Waals surface area contributed by atoms with Crippen LogP contribution in [0.15, 0.2) is 24.3 Å². The van der Waals surface area contributed by atoms with E-state index < -0.39 is 0 Å². The molecule has 0 saturated heterocycles. The molecule has 3 heteroatoms. The van der Waals surface area contributed by atoms with Crippen molar-refractivity contribution in [2.24, 2.45) is 5.73 Å². The lowest BCUT2D eigenvalue weighted by atomic mass is 10.2. The second-order valence-corrected chi connectivity index (χ2v) is 3.84. The standard InChI is InChI=1S/C12H17N3/c1-3-15-11-7-5-4-6-10(11)14-12(15)9(2)8-13/h4-7,9H,3,8,13H2,1-2H3. The Labute approximate surface area is 89.9 Å². The van der Waals surface area contributed by atoms with Crippen LogP contribution in [0.3, 0.4) is 0 Å². The molecular weight excluding hydrogens is 186 g/mol. The van der Waals surface area contributed by atoms with E-state index in [0.717, 1.165) is 17.9 Å². The lowest BCUT2D eigenvalue weighted by Crippen LogP contribution is -2.14. The van der Waals surface area contributed by atoms with E-state index in [1.165, 1.54) is 5.52 Å². The molecule has 1 atom stereocenters. The zero-order valence-corrected chi connectivity index (χ0v) is 9.27. The summed E-state index contributed by atoms with van der Waals surface area (Å²) in [7, 11) is 0. The largest absolute Gasteiger partial charge is 0.330 e. The normalized spacial score (nSPS) is 13.3. The Morgan fingerprint density at radius 2 is 2.13 bits per heavy atom. The van der Waals surface area contributed by atoms with Crippen LogP contribution in [0.4, 0.5) is 0 Å². The number of rotatable bonds is 3. The van der Waals surface area contributed by atoms with Crippen molar-refractivity contribution in [3.05, 3.63) is 30.1 Å². The highest BCUT2D eigenvalue weighted by atomic mass is 15.1. The van der Waals surface area contributed by atoms with Gasteiger partial charge in [0.05, 0.1) is 11.0 Å². The van der Waals surface area contributed by atoms with Crippen LogP contribution in [-0.4, -0.2) is 16.1 Å². The molecular formula is C12H17N3. The third-order valence-corrected chi connectivity index (χ3v) is 2.79. The summed E-state index contributed by atoms with van der Waals surface area (Å²) in [4.78, 5) is 4.64. The predicted octanol–water partition coefficient (Wildman–Crippen LogP) is 2.12. The van der Waals surface area contributed by atoms with E-state index in [1.807, 2.05) is 18.2 Å². The highest BCUT2D eigenvalue weighted by Gasteiger charge is 2.13. The van der Waals surface area contributed by atoms with Gasteiger partial charge in [-0.15, -0.1) is 0 Å². The molecule has 3 nitrogen and oxygen atoms in total. The van der Waals surface area contributed by atoms with Crippen LogP contribution in [0, 0.1) is 0 Å². The minimum atomic E-state index is 0.317. The Balaban J connectivity index is 2.63. The molecule has 0 aliphatic rings. The van der Waals surface area contributed by atoms with Crippen LogP contribution in [0.5, 0.6) is 0 Å². The van der Waals surface area contributed by atoms with Crippen molar-refractivity contribution >= 4 is 11.0 Å². The third kappa shape index (κ3) is 1.63.